The molecule has 4 rings (SSSR count). The molecule has 1 saturated heterocycles. The quantitative estimate of drug-likeness (QED) is 0.679. The largest absolute Gasteiger partial charge is 0.478 e. The van der Waals surface area contributed by atoms with Crippen molar-refractivity contribution in [3.63, 3.8) is 0 Å². The number of carbonyl (C=O) groups is 2. The maximum absolute atomic E-state index is 9.55. The highest BCUT2D eigenvalue weighted by Gasteiger charge is 2.25. The topological polar surface area (TPSA) is 116 Å². The van der Waals surface area contributed by atoms with Crippen molar-refractivity contribution in [2.45, 2.75) is 0 Å². The minimum Gasteiger partial charge on any atom is -0.478 e. The second-order valence-corrected chi connectivity index (χ2v) is 7.24. The summed E-state index contributed by atoms with van der Waals surface area (Å²) in [5.41, 5.74) is 1.66. The summed E-state index contributed by atoms with van der Waals surface area (Å²) in [5, 5.41) is 16.3. The van der Waals surface area contributed by atoms with Gasteiger partial charge in [0.05, 0.1) is 5.56 Å². The minimum atomic E-state index is -1.26. The molecule has 0 radical (unpaired) electrons. The van der Waals surface area contributed by atoms with E-state index in [1.165, 1.54) is 0 Å². The molecule has 31 heavy (non-hydrogen) atoms. The summed E-state index contributed by atoms with van der Waals surface area (Å²) in [7, 11) is 2.14. The molecule has 162 valence electrons. The number of amidine groups is 1. The van der Waals surface area contributed by atoms with E-state index in [4.69, 9.17) is 31.5 Å². The zero-order valence-electron chi connectivity index (χ0n) is 16.7. The van der Waals surface area contributed by atoms with Gasteiger partial charge >= 0.3 is 11.9 Å². The number of nitrogens with zero attached hydrogens (tertiary/aromatic N) is 4. The first-order chi connectivity index (χ1) is 14.8. The van der Waals surface area contributed by atoms with Crippen molar-refractivity contribution in [3.05, 3.63) is 59.3 Å². The Balaban J connectivity index is 0.000000293. The van der Waals surface area contributed by atoms with Crippen LogP contribution in [0.5, 0.6) is 11.6 Å². The lowest BCUT2D eigenvalue weighted by molar-refractivity contribution is -0.134. The van der Waals surface area contributed by atoms with Crippen molar-refractivity contribution < 1.29 is 24.5 Å². The summed E-state index contributed by atoms with van der Waals surface area (Å²) in [4.78, 5) is 32.9. The fourth-order valence-electron chi connectivity index (χ4n) is 2.99. The summed E-state index contributed by atoms with van der Waals surface area (Å²) in [5.74, 6) is -0.341. The number of pyridine rings is 1. The van der Waals surface area contributed by atoms with Crippen LogP contribution in [0, 0.1) is 0 Å². The molecule has 1 fully saturated rings. The van der Waals surface area contributed by atoms with E-state index >= 15 is 0 Å². The first-order valence-electron chi connectivity index (χ1n) is 9.42. The van der Waals surface area contributed by atoms with E-state index in [0.717, 1.165) is 49.0 Å². The number of likely N-dealkylation sites (N-methyl/N-ethyl adjacent to an activating group) is 1. The summed E-state index contributed by atoms with van der Waals surface area (Å²) < 4.78 is 5.98. The van der Waals surface area contributed by atoms with Crippen molar-refractivity contribution in [2.75, 3.05) is 33.2 Å². The molecule has 0 amide bonds. The number of carboxylic acid groups (broad SMARTS) is 2. The van der Waals surface area contributed by atoms with Crippen molar-refractivity contribution in [1.29, 1.82) is 0 Å². The third-order valence-electron chi connectivity index (χ3n) is 4.54. The highest BCUT2D eigenvalue weighted by atomic mass is 35.5. The third-order valence-corrected chi connectivity index (χ3v) is 4.77. The van der Waals surface area contributed by atoms with Gasteiger partial charge in [0.25, 0.3) is 0 Å². The van der Waals surface area contributed by atoms with Crippen LogP contribution in [-0.4, -0.2) is 76.0 Å². The van der Waals surface area contributed by atoms with Crippen molar-refractivity contribution >= 4 is 35.1 Å². The predicted molar refractivity (Wildman–Crippen MR) is 115 cm³/mol. The van der Waals surface area contributed by atoms with Crippen LogP contribution in [0.2, 0.25) is 5.02 Å². The number of aliphatic carboxylic acids is 2. The number of hydrogen-bond acceptors (Lipinski definition) is 7. The van der Waals surface area contributed by atoms with Gasteiger partial charge in [-0.05, 0) is 37.4 Å². The molecule has 9 nitrogen and oxygen atoms in total. The Kier molecular flexibility index (Phi) is 7.22. The zero-order chi connectivity index (χ0) is 22.4. The van der Waals surface area contributed by atoms with Gasteiger partial charge in [0.15, 0.2) is 0 Å². The lowest BCUT2D eigenvalue weighted by Crippen LogP contribution is -2.47. The van der Waals surface area contributed by atoms with Crippen LogP contribution >= 0.6 is 11.6 Å². The van der Waals surface area contributed by atoms with Crippen molar-refractivity contribution in [2.24, 2.45) is 4.99 Å². The number of rotatable bonds is 2. The Bertz CT molecular complexity index is 1020. The van der Waals surface area contributed by atoms with Crippen molar-refractivity contribution in [1.82, 2.24) is 14.8 Å². The Labute approximate surface area is 183 Å². The number of benzene rings is 1. The fraction of sp³-hybridized carbons (Fsp3) is 0.238. The lowest BCUT2D eigenvalue weighted by atomic mass is 10.1. The maximum atomic E-state index is 9.55. The standard InChI is InChI=1S/C17H17ClN4O.C4H4O4/c1-21-7-9-22(10-8-21)16-13-11-12(18)4-5-15(13)23-17-14(20-16)3-2-6-19-17;5-3(6)1-2-4(7)8/h2-6,11H,7-10H2,1H3;1-2H,(H,5,6)(H,7,8)/b;2-1+. The molecule has 0 bridgehead atoms. The van der Waals surface area contributed by atoms with E-state index in [9.17, 15) is 9.59 Å². The monoisotopic (exact) mass is 444 g/mol. The second-order valence-electron chi connectivity index (χ2n) is 6.81. The highest BCUT2D eigenvalue weighted by Crippen LogP contribution is 2.37. The third kappa shape index (κ3) is 6.03. The number of fused-ring (bicyclic) bond motifs is 2. The molecule has 3 heterocycles. The Hall–Kier alpha value is -3.43. The van der Waals surface area contributed by atoms with E-state index in [1.54, 1.807) is 6.20 Å². The normalized spacial score (nSPS) is 15.5. The molecule has 10 heteroatoms. The van der Waals surface area contributed by atoms with Gasteiger partial charge < -0.3 is 24.7 Å². The minimum absolute atomic E-state index is 0.528. The molecule has 2 aliphatic heterocycles. The van der Waals surface area contributed by atoms with Gasteiger partial charge in [0.1, 0.15) is 17.3 Å². The van der Waals surface area contributed by atoms with Gasteiger partial charge in [-0.3, -0.25) is 0 Å². The molecule has 2 aliphatic rings. The summed E-state index contributed by atoms with van der Waals surface area (Å²) in [6, 6.07) is 9.42. The number of halogens is 1. The highest BCUT2D eigenvalue weighted by molar-refractivity contribution is 6.31. The number of piperazine rings is 1. The van der Waals surface area contributed by atoms with Crippen LogP contribution in [0.25, 0.3) is 0 Å². The lowest BCUT2D eigenvalue weighted by Gasteiger charge is -2.34. The molecular weight excluding hydrogens is 424 g/mol. The van der Waals surface area contributed by atoms with Gasteiger partial charge in [-0.15, -0.1) is 0 Å². The Morgan fingerprint density at radius 1 is 1.10 bits per heavy atom. The van der Waals surface area contributed by atoms with Gasteiger partial charge in [-0.2, -0.15) is 0 Å². The number of carboxylic acids is 2. The van der Waals surface area contributed by atoms with Gasteiger partial charge in [0.2, 0.25) is 5.88 Å². The number of aliphatic imine (C=N–C) groups is 1. The number of ether oxygens (including phenoxy) is 1. The molecule has 0 aliphatic carbocycles. The van der Waals surface area contributed by atoms with Gasteiger partial charge in [-0.1, -0.05) is 11.6 Å². The van der Waals surface area contributed by atoms with Crippen LogP contribution in [0.3, 0.4) is 0 Å². The van der Waals surface area contributed by atoms with Crippen LogP contribution in [0.1, 0.15) is 5.56 Å². The van der Waals surface area contributed by atoms with Crippen LogP contribution in [0.15, 0.2) is 53.7 Å². The maximum Gasteiger partial charge on any atom is 0.328 e. The average molecular weight is 445 g/mol. The summed E-state index contributed by atoms with van der Waals surface area (Å²) >= 11 is 6.22. The van der Waals surface area contributed by atoms with Crippen molar-refractivity contribution in [3.8, 4) is 11.6 Å². The van der Waals surface area contributed by atoms with E-state index < -0.39 is 11.9 Å². The SMILES string of the molecule is CN1CCN(C2=Nc3cccnc3Oc3ccc(Cl)cc32)CC1.O=C(O)/C=C/C(=O)O. The molecular formula is C21H21ClN4O5. The van der Waals surface area contributed by atoms with Gasteiger partial charge in [-0.25, -0.2) is 19.6 Å². The predicted octanol–water partition coefficient (Wildman–Crippen LogP) is 2.88. The fourth-order valence-corrected chi connectivity index (χ4v) is 3.16. The first-order valence-corrected chi connectivity index (χ1v) is 9.80. The van der Waals surface area contributed by atoms with Crippen LogP contribution in [-0.2, 0) is 9.59 Å². The summed E-state index contributed by atoms with van der Waals surface area (Å²) in [6.45, 7) is 3.87. The molecule has 1 aromatic carbocycles. The van der Waals surface area contributed by atoms with E-state index in [2.05, 4.69) is 21.8 Å². The number of aromatic nitrogens is 1. The first kappa shape index (κ1) is 22.3. The summed E-state index contributed by atoms with van der Waals surface area (Å²) in [6.07, 6.45) is 2.83. The zero-order valence-corrected chi connectivity index (χ0v) is 17.5. The molecule has 0 spiro atoms. The van der Waals surface area contributed by atoms with Gasteiger partial charge in [0, 0.05) is 49.6 Å². The van der Waals surface area contributed by atoms with E-state index in [-0.39, 0.29) is 0 Å². The smallest absolute Gasteiger partial charge is 0.328 e. The van der Waals surface area contributed by atoms with E-state index in [1.807, 2.05) is 30.3 Å². The average Bonchev–Trinajstić information content (AvgIpc) is 2.90. The Morgan fingerprint density at radius 2 is 1.77 bits per heavy atom. The molecule has 1 aromatic heterocycles. The molecule has 0 unspecified atom stereocenters. The van der Waals surface area contributed by atoms with Crippen LogP contribution in [0.4, 0.5) is 5.69 Å². The number of hydrogen-bond donors (Lipinski definition) is 2. The van der Waals surface area contributed by atoms with Crippen LogP contribution < -0.4 is 4.74 Å². The second kappa shape index (κ2) is 10.1. The molecule has 2 N–H and O–H groups in total. The Morgan fingerprint density at radius 3 is 2.42 bits per heavy atom. The molecule has 0 atom stereocenters. The van der Waals surface area contributed by atoms with E-state index in [0.29, 0.717) is 23.1 Å². The molecule has 2 aromatic rings. The molecule has 0 saturated carbocycles.